The van der Waals surface area contributed by atoms with E-state index in [4.69, 9.17) is 5.53 Å². The Morgan fingerprint density at radius 1 is 1.54 bits per heavy atom. The molecule has 1 N–H and O–H groups in total. The number of fused-ring (bicyclic) bond motifs is 1. The van der Waals surface area contributed by atoms with Gasteiger partial charge in [-0.2, -0.15) is 5.10 Å². The van der Waals surface area contributed by atoms with Crippen LogP contribution >= 0.6 is 0 Å². The maximum Gasteiger partial charge on any atom is 0.0658 e. The molecule has 0 radical (unpaired) electrons. The Balaban J connectivity index is 2.08. The molecule has 0 aliphatic heterocycles. The first-order chi connectivity index (χ1) is 6.42. The van der Waals surface area contributed by atoms with Crippen molar-refractivity contribution in [2.45, 2.75) is 25.7 Å². The quantitative estimate of drug-likeness (QED) is 0.426. The number of azide groups is 1. The molecule has 0 fully saturated rings. The number of hydrogen-bond acceptors (Lipinski definition) is 2. The number of nitrogens with one attached hydrogen (secondary N) is 1. The van der Waals surface area contributed by atoms with E-state index in [1.165, 1.54) is 17.7 Å². The van der Waals surface area contributed by atoms with Crippen molar-refractivity contribution in [1.29, 1.82) is 0 Å². The van der Waals surface area contributed by atoms with Crippen LogP contribution in [0.3, 0.4) is 0 Å². The number of rotatable bonds is 3. The fourth-order valence-corrected chi connectivity index (χ4v) is 1.80. The molecule has 2 rings (SSSR count). The van der Waals surface area contributed by atoms with Crippen molar-refractivity contribution < 1.29 is 0 Å². The number of aromatic amines is 1. The molecule has 0 unspecified atom stereocenters. The second kappa shape index (κ2) is 3.49. The van der Waals surface area contributed by atoms with E-state index in [9.17, 15) is 0 Å². The van der Waals surface area contributed by atoms with Gasteiger partial charge in [0.1, 0.15) is 0 Å². The van der Waals surface area contributed by atoms with E-state index < -0.39 is 0 Å². The molecule has 68 valence electrons. The van der Waals surface area contributed by atoms with Gasteiger partial charge in [0, 0.05) is 17.2 Å². The molecule has 1 aromatic rings. The van der Waals surface area contributed by atoms with Gasteiger partial charge in [-0.25, -0.2) is 0 Å². The summed E-state index contributed by atoms with van der Waals surface area (Å²) < 4.78 is 0. The van der Waals surface area contributed by atoms with Crippen LogP contribution in [0.1, 0.15) is 23.4 Å². The zero-order valence-corrected chi connectivity index (χ0v) is 7.32. The Bertz CT molecular complexity index is 347. The van der Waals surface area contributed by atoms with Gasteiger partial charge < -0.3 is 0 Å². The monoisotopic (exact) mass is 177 g/mol. The number of nitrogens with zero attached hydrogens (tertiary/aromatic N) is 4. The predicted octanol–water partition coefficient (Wildman–Crippen LogP) is 1.75. The highest BCUT2D eigenvalue weighted by molar-refractivity contribution is 5.29. The number of aromatic nitrogens is 2. The van der Waals surface area contributed by atoms with Gasteiger partial charge in [0.25, 0.3) is 0 Å². The first-order valence-corrected chi connectivity index (χ1v) is 4.47. The van der Waals surface area contributed by atoms with Gasteiger partial charge in [-0.05, 0) is 36.8 Å². The summed E-state index contributed by atoms with van der Waals surface area (Å²) in [5.41, 5.74) is 11.8. The lowest BCUT2D eigenvalue weighted by atomic mass is 10.1. The summed E-state index contributed by atoms with van der Waals surface area (Å²) in [5.74, 6) is 0. The smallest absolute Gasteiger partial charge is 0.0658 e. The highest BCUT2D eigenvalue weighted by atomic mass is 15.1. The lowest BCUT2D eigenvalue weighted by Gasteiger charge is -1.93. The van der Waals surface area contributed by atoms with Crippen LogP contribution in [0.4, 0.5) is 0 Å². The highest BCUT2D eigenvalue weighted by Gasteiger charge is 2.17. The molecular weight excluding hydrogens is 166 g/mol. The van der Waals surface area contributed by atoms with E-state index >= 15 is 0 Å². The molecule has 1 aromatic heterocycles. The zero-order valence-electron chi connectivity index (χ0n) is 7.32. The van der Waals surface area contributed by atoms with E-state index in [1.807, 2.05) is 0 Å². The van der Waals surface area contributed by atoms with Crippen LogP contribution < -0.4 is 0 Å². The summed E-state index contributed by atoms with van der Waals surface area (Å²) in [7, 11) is 0. The SMILES string of the molecule is [N-]=[N+]=NCCc1n[nH]c2c1CCC2. The Morgan fingerprint density at radius 3 is 3.31 bits per heavy atom. The van der Waals surface area contributed by atoms with Crippen LogP contribution in [-0.4, -0.2) is 16.7 Å². The zero-order chi connectivity index (χ0) is 9.10. The Hall–Kier alpha value is -1.48. The molecule has 0 aromatic carbocycles. The van der Waals surface area contributed by atoms with Crippen molar-refractivity contribution in [3.63, 3.8) is 0 Å². The van der Waals surface area contributed by atoms with Gasteiger partial charge >= 0.3 is 0 Å². The lowest BCUT2D eigenvalue weighted by molar-refractivity contribution is 0.822. The van der Waals surface area contributed by atoms with E-state index in [2.05, 4.69) is 20.2 Å². The van der Waals surface area contributed by atoms with Crippen molar-refractivity contribution in [2.24, 2.45) is 5.11 Å². The first kappa shape index (κ1) is 8.13. The fourth-order valence-electron chi connectivity index (χ4n) is 1.80. The van der Waals surface area contributed by atoms with Crippen molar-refractivity contribution in [3.05, 3.63) is 27.4 Å². The molecule has 0 amide bonds. The van der Waals surface area contributed by atoms with Crippen LogP contribution in [0.25, 0.3) is 10.4 Å². The summed E-state index contributed by atoms with van der Waals surface area (Å²) in [6, 6.07) is 0. The number of H-pyrrole nitrogens is 1. The van der Waals surface area contributed by atoms with E-state index in [0.29, 0.717) is 6.54 Å². The normalized spacial score (nSPS) is 13.8. The largest absolute Gasteiger partial charge is 0.282 e. The van der Waals surface area contributed by atoms with Crippen LogP contribution in [0.5, 0.6) is 0 Å². The molecule has 5 heteroatoms. The Labute approximate surface area is 75.8 Å². The molecule has 1 heterocycles. The predicted molar refractivity (Wildman–Crippen MR) is 48.3 cm³/mol. The third-order valence-corrected chi connectivity index (χ3v) is 2.40. The van der Waals surface area contributed by atoms with Crippen LogP contribution in [0.2, 0.25) is 0 Å². The summed E-state index contributed by atoms with van der Waals surface area (Å²) in [6.07, 6.45) is 4.22. The third kappa shape index (κ3) is 1.51. The molecule has 0 saturated carbocycles. The third-order valence-electron chi connectivity index (χ3n) is 2.40. The average Bonchev–Trinajstić information content (AvgIpc) is 2.68. The summed E-state index contributed by atoms with van der Waals surface area (Å²) in [4.78, 5) is 2.72. The van der Waals surface area contributed by atoms with Gasteiger partial charge in [0.05, 0.1) is 5.69 Å². The van der Waals surface area contributed by atoms with Gasteiger partial charge in [-0.3, -0.25) is 5.10 Å². The maximum atomic E-state index is 8.12. The summed E-state index contributed by atoms with van der Waals surface area (Å²) in [5, 5.41) is 10.7. The molecule has 0 spiro atoms. The molecule has 13 heavy (non-hydrogen) atoms. The van der Waals surface area contributed by atoms with Crippen molar-refractivity contribution >= 4 is 0 Å². The second-order valence-corrected chi connectivity index (χ2v) is 3.19. The van der Waals surface area contributed by atoms with Crippen molar-refractivity contribution in [3.8, 4) is 0 Å². The highest BCUT2D eigenvalue weighted by Crippen LogP contribution is 2.22. The van der Waals surface area contributed by atoms with Gasteiger partial charge in [-0.1, -0.05) is 5.11 Å². The lowest BCUT2D eigenvalue weighted by Crippen LogP contribution is -1.93. The van der Waals surface area contributed by atoms with Crippen LogP contribution in [0, 0.1) is 0 Å². The molecular formula is C8H11N5. The minimum absolute atomic E-state index is 0.508. The standard InChI is InChI=1S/C8H11N5/c9-13-10-5-4-8-6-2-1-3-7(6)11-12-8/h1-5H2,(H,11,12). The molecule has 5 nitrogen and oxygen atoms in total. The minimum atomic E-state index is 0.508. The number of hydrogen-bond donors (Lipinski definition) is 1. The second-order valence-electron chi connectivity index (χ2n) is 3.19. The molecule has 1 aliphatic rings. The van der Waals surface area contributed by atoms with Gasteiger partial charge in [-0.15, -0.1) is 0 Å². The Kier molecular flexibility index (Phi) is 2.19. The molecule has 1 aliphatic carbocycles. The van der Waals surface area contributed by atoms with Crippen molar-refractivity contribution in [1.82, 2.24) is 10.2 Å². The van der Waals surface area contributed by atoms with E-state index in [-0.39, 0.29) is 0 Å². The number of aryl methyl sites for hydroxylation is 1. The molecule has 0 bridgehead atoms. The summed E-state index contributed by atoms with van der Waals surface area (Å²) in [6.45, 7) is 0.508. The van der Waals surface area contributed by atoms with E-state index in [0.717, 1.165) is 25.0 Å². The topological polar surface area (TPSA) is 77.4 Å². The maximum absolute atomic E-state index is 8.12. The van der Waals surface area contributed by atoms with Gasteiger partial charge in [0.2, 0.25) is 0 Å². The average molecular weight is 177 g/mol. The Morgan fingerprint density at radius 2 is 2.46 bits per heavy atom. The minimum Gasteiger partial charge on any atom is -0.282 e. The first-order valence-electron chi connectivity index (χ1n) is 4.47. The van der Waals surface area contributed by atoms with Crippen LogP contribution in [-0.2, 0) is 19.3 Å². The van der Waals surface area contributed by atoms with Crippen molar-refractivity contribution in [2.75, 3.05) is 6.54 Å². The fraction of sp³-hybridized carbons (Fsp3) is 0.625. The molecule has 0 atom stereocenters. The van der Waals surface area contributed by atoms with Crippen LogP contribution in [0.15, 0.2) is 5.11 Å². The van der Waals surface area contributed by atoms with Gasteiger partial charge in [0.15, 0.2) is 0 Å². The van der Waals surface area contributed by atoms with E-state index in [1.54, 1.807) is 0 Å². The molecule has 0 saturated heterocycles. The summed E-state index contributed by atoms with van der Waals surface area (Å²) >= 11 is 0.